The number of hydrogen-bond acceptors (Lipinski definition) is 3. The van der Waals surface area contributed by atoms with E-state index < -0.39 is 0 Å². The van der Waals surface area contributed by atoms with E-state index in [9.17, 15) is 9.59 Å². The van der Waals surface area contributed by atoms with Crippen LogP contribution >= 0.6 is 0 Å². The predicted octanol–water partition coefficient (Wildman–Crippen LogP) is 3.17. The number of amides is 2. The van der Waals surface area contributed by atoms with Gasteiger partial charge in [0, 0.05) is 12.6 Å². The lowest BCUT2D eigenvalue weighted by molar-refractivity contribution is 0.0848. The van der Waals surface area contributed by atoms with E-state index in [0.29, 0.717) is 18.4 Å². The molecule has 0 aromatic rings. The van der Waals surface area contributed by atoms with Crippen molar-refractivity contribution in [1.82, 2.24) is 10.6 Å². The van der Waals surface area contributed by atoms with Gasteiger partial charge < -0.3 is 10.6 Å². The van der Waals surface area contributed by atoms with Gasteiger partial charge in [0.25, 0.3) is 0 Å². The highest BCUT2D eigenvalue weighted by Crippen LogP contribution is 2.46. The summed E-state index contributed by atoms with van der Waals surface area (Å²) < 4.78 is 0. The van der Waals surface area contributed by atoms with Gasteiger partial charge in [0.05, 0.1) is 6.04 Å². The van der Waals surface area contributed by atoms with Gasteiger partial charge in [-0.3, -0.25) is 0 Å². The molecule has 5 atom stereocenters. The predicted molar refractivity (Wildman–Crippen MR) is 93.3 cm³/mol. The van der Waals surface area contributed by atoms with Crippen molar-refractivity contribution in [1.29, 1.82) is 0 Å². The number of urea groups is 1. The van der Waals surface area contributed by atoms with Crippen LogP contribution in [0.25, 0.3) is 0 Å². The second kappa shape index (κ2) is 6.36. The smallest absolute Gasteiger partial charge is 0.315 e. The number of carbonyl (C=O) groups excluding carboxylic acids is 2. The van der Waals surface area contributed by atoms with E-state index in [2.05, 4.69) is 48.5 Å². The molecule has 0 radical (unpaired) electrons. The molecule has 24 heavy (non-hydrogen) atoms. The van der Waals surface area contributed by atoms with Crippen LogP contribution in [-0.4, -0.2) is 30.7 Å². The van der Waals surface area contributed by atoms with E-state index in [4.69, 9.17) is 0 Å². The van der Waals surface area contributed by atoms with E-state index >= 15 is 0 Å². The van der Waals surface area contributed by atoms with Crippen molar-refractivity contribution >= 4 is 12.1 Å². The van der Waals surface area contributed by atoms with Crippen molar-refractivity contribution in [2.24, 2.45) is 27.7 Å². The van der Waals surface area contributed by atoms with Crippen LogP contribution in [0, 0.1) is 22.7 Å². The minimum absolute atomic E-state index is 0.0109. The number of nitrogens with zero attached hydrogens (tertiary/aromatic N) is 1. The van der Waals surface area contributed by atoms with E-state index in [1.807, 2.05) is 0 Å². The number of fused-ring (bicyclic) bond motifs is 2. The van der Waals surface area contributed by atoms with Crippen molar-refractivity contribution in [3.8, 4) is 0 Å². The van der Waals surface area contributed by atoms with E-state index in [1.54, 1.807) is 6.08 Å². The molecule has 0 aromatic carbocycles. The first kappa shape index (κ1) is 17.2. The molecule has 0 aromatic heterocycles. The summed E-state index contributed by atoms with van der Waals surface area (Å²) in [6, 6.07) is 0.223. The lowest BCUT2D eigenvalue weighted by atomic mass is 9.63. The molecular formula is C19H29N3O2. The Morgan fingerprint density at radius 3 is 2.67 bits per heavy atom. The molecule has 5 unspecified atom stereocenters. The highest BCUT2D eigenvalue weighted by molar-refractivity contribution is 5.74. The summed E-state index contributed by atoms with van der Waals surface area (Å²) in [6.45, 7) is 7.21. The maximum atomic E-state index is 12.3. The van der Waals surface area contributed by atoms with Crippen LogP contribution in [0.15, 0.2) is 17.1 Å². The van der Waals surface area contributed by atoms with Crippen molar-refractivity contribution in [2.75, 3.05) is 6.54 Å². The van der Waals surface area contributed by atoms with Crippen LogP contribution < -0.4 is 10.6 Å². The fourth-order valence-electron chi connectivity index (χ4n) is 5.34. The third-order valence-corrected chi connectivity index (χ3v) is 5.93. The highest BCUT2D eigenvalue weighted by Gasteiger charge is 2.42. The summed E-state index contributed by atoms with van der Waals surface area (Å²) in [7, 11) is 0. The van der Waals surface area contributed by atoms with Crippen LogP contribution in [-0.2, 0) is 4.79 Å². The molecule has 3 aliphatic rings. The Labute approximate surface area is 144 Å². The van der Waals surface area contributed by atoms with E-state index in [0.717, 1.165) is 25.7 Å². The zero-order valence-corrected chi connectivity index (χ0v) is 15.0. The first-order valence-electron chi connectivity index (χ1n) is 9.08. The monoisotopic (exact) mass is 331 g/mol. The van der Waals surface area contributed by atoms with Gasteiger partial charge in [0.15, 0.2) is 0 Å². The average molecular weight is 331 g/mol. The lowest BCUT2D eigenvalue weighted by Gasteiger charge is -2.45. The molecule has 3 aliphatic carbocycles. The van der Waals surface area contributed by atoms with Crippen LogP contribution in [0.5, 0.6) is 0 Å². The molecule has 5 nitrogen and oxygen atoms in total. The van der Waals surface area contributed by atoms with Crippen LogP contribution in [0.4, 0.5) is 4.79 Å². The van der Waals surface area contributed by atoms with Gasteiger partial charge in [-0.05, 0) is 54.8 Å². The lowest BCUT2D eigenvalue weighted by Crippen LogP contribution is -2.49. The molecule has 2 saturated carbocycles. The number of nitrogens with one attached hydrogen (secondary N) is 2. The average Bonchev–Trinajstić information content (AvgIpc) is 3.06. The fourth-order valence-corrected chi connectivity index (χ4v) is 5.34. The summed E-state index contributed by atoms with van der Waals surface area (Å²) in [5, 5.41) is 6.20. The van der Waals surface area contributed by atoms with Gasteiger partial charge in [0.1, 0.15) is 0 Å². The molecule has 0 spiro atoms. The molecule has 0 saturated heterocycles. The van der Waals surface area contributed by atoms with Crippen molar-refractivity contribution in [3.05, 3.63) is 12.2 Å². The first-order valence-corrected chi connectivity index (χ1v) is 9.08. The Kier molecular flexibility index (Phi) is 4.56. The Bertz CT molecular complexity index is 579. The molecule has 2 bridgehead atoms. The summed E-state index contributed by atoms with van der Waals surface area (Å²) in [6.07, 6.45) is 11.2. The number of isocyanates is 1. The highest BCUT2D eigenvalue weighted by atomic mass is 16.2. The second-order valence-electron chi connectivity index (χ2n) is 9.15. The third-order valence-electron chi connectivity index (χ3n) is 5.93. The van der Waals surface area contributed by atoms with Gasteiger partial charge in [-0.25, -0.2) is 14.6 Å². The normalized spacial score (nSPS) is 39.3. The Balaban J connectivity index is 1.53. The number of carbonyl (C=O) groups is 1. The molecule has 2 N–H and O–H groups in total. The molecule has 2 amide bonds. The van der Waals surface area contributed by atoms with Gasteiger partial charge in [-0.1, -0.05) is 32.9 Å². The molecule has 0 aliphatic heterocycles. The zero-order chi connectivity index (χ0) is 17.4. The van der Waals surface area contributed by atoms with Gasteiger partial charge in [-0.2, -0.15) is 0 Å². The van der Waals surface area contributed by atoms with Gasteiger partial charge >= 0.3 is 6.03 Å². The van der Waals surface area contributed by atoms with Crippen molar-refractivity contribution in [3.63, 3.8) is 0 Å². The summed E-state index contributed by atoms with van der Waals surface area (Å²) in [5.74, 6) is 1.16. The molecular weight excluding hydrogens is 302 g/mol. The van der Waals surface area contributed by atoms with Crippen molar-refractivity contribution in [2.45, 2.75) is 65.0 Å². The molecule has 0 heterocycles. The quantitative estimate of drug-likeness (QED) is 0.472. The summed E-state index contributed by atoms with van der Waals surface area (Å²) >= 11 is 0. The maximum Gasteiger partial charge on any atom is 0.315 e. The first-order chi connectivity index (χ1) is 11.3. The minimum atomic E-state index is -0.0685. The third kappa shape index (κ3) is 3.89. The van der Waals surface area contributed by atoms with Crippen LogP contribution in [0.2, 0.25) is 0 Å². The maximum absolute atomic E-state index is 12.3. The number of aliphatic imine (C=N–C) groups is 1. The standard InChI is InChI=1S/C19H29N3O2/c1-18(2)8-15(21-12-23)9-19(3,10-18)11-20-17(24)22-16-7-13-4-5-14(16)6-13/h4-5,13-16H,6-11H2,1-3H3,(H2,20,22,24). The Morgan fingerprint density at radius 2 is 2.04 bits per heavy atom. The van der Waals surface area contributed by atoms with Gasteiger partial charge in [0.2, 0.25) is 6.08 Å². The topological polar surface area (TPSA) is 70.6 Å². The SMILES string of the molecule is CC1(C)CC(N=C=O)CC(C)(CNC(=O)NC2CC3C=CC2C3)C1. The van der Waals surface area contributed by atoms with Crippen LogP contribution in [0.3, 0.4) is 0 Å². The zero-order valence-electron chi connectivity index (χ0n) is 15.0. The second-order valence-corrected chi connectivity index (χ2v) is 9.15. The van der Waals surface area contributed by atoms with Gasteiger partial charge in [-0.15, -0.1) is 0 Å². The summed E-state index contributed by atoms with van der Waals surface area (Å²) in [5.41, 5.74) is 0.0737. The molecule has 3 rings (SSSR count). The van der Waals surface area contributed by atoms with Crippen molar-refractivity contribution < 1.29 is 9.59 Å². The Morgan fingerprint density at radius 1 is 1.25 bits per heavy atom. The summed E-state index contributed by atoms with van der Waals surface area (Å²) in [4.78, 5) is 26.9. The molecule has 132 valence electrons. The fraction of sp³-hybridized carbons (Fsp3) is 0.789. The van der Waals surface area contributed by atoms with E-state index in [1.165, 1.54) is 6.42 Å². The molecule has 2 fully saturated rings. The molecule has 5 heteroatoms. The minimum Gasteiger partial charge on any atom is -0.338 e. The van der Waals surface area contributed by atoms with E-state index in [-0.39, 0.29) is 28.9 Å². The number of allylic oxidation sites excluding steroid dienone is 1. The van der Waals surface area contributed by atoms with Crippen LogP contribution in [0.1, 0.15) is 52.9 Å². The Hall–Kier alpha value is -1.61. The number of rotatable bonds is 4. The number of hydrogen-bond donors (Lipinski definition) is 2. The largest absolute Gasteiger partial charge is 0.338 e.